The minimum absolute atomic E-state index is 0.0103. The van der Waals surface area contributed by atoms with Gasteiger partial charge in [0.2, 0.25) is 0 Å². The molecule has 2 heterocycles. The average molecular weight is 311 g/mol. The monoisotopic (exact) mass is 311 g/mol. The van der Waals surface area contributed by atoms with E-state index in [0.717, 1.165) is 5.69 Å². The highest BCUT2D eigenvalue weighted by molar-refractivity contribution is 7.91. The van der Waals surface area contributed by atoms with Gasteiger partial charge in [0.05, 0.1) is 11.5 Å². The van der Waals surface area contributed by atoms with Gasteiger partial charge in [-0.25, -0.2) is 13.4 Å². The Morgan fingerprint density at radius 1 is 1.43 bits per heavy atom. The first-order valence-corrected chi connectivity index (χ1v) is 8.88. The van der Waals surface area contributed by atoms with Gasteiger partial charge in [0.25, 0.3) is 5.91 Å². The Morgan fingerprint density at radius 2 is 2.14 bits per heavy atom. The maximum absolute atomic E-state index is 12.3. The van der Waals surface area contributed by atoms with E-state index < -0.39 is 9.84 Å². The third kappa shape index (κ3) is 4.17. The number of anilines is 1. The first kappa shape index (κ1) is 15.8. The first-order valence-electron chi connectivity index (χ1n) is 7.05. The SMILES string of the molecule is CC(C)c1cc(C(=O)NC2CCCS(=O)(=O)C2)cc(N)n1. The van der Waals surface area contributed by atoms with E-state index in [9.17, 15) is 13.2 Å². The van der Waals surface area contributed by atoms with Crippen molar-refractivity contribution in [3.63, 3.8) is 0 Å². The summed E-state index contributed by atoms with van der Waals surface area (Å²) in [5.74, 6) is 0.376. The molecule has 2 rings (SSSR count). The lowest BCUT2D eigenvalue weighted by Crippen LogP contribution is -2.43. The van der Waals surface area contributed by atoms with Gasteiger partial charge in [-0.05, 0) is 30.9 Å². The zero-order chi connectivity index (χ0) is 15.6. The molecule has 1 aliphatic rings. The highest BCUT2D eigenvalue weighted by atomic mass is 32.2. The molecular weight excluding hydrogens is 290 g/mol. The predicted octanol–water partition coefficient (Wildman–Crippen LogP) is 1.09. The van der Waals surface area contributed by atoms with E-state index in [-0.39, 0.29) is 29.4 Å². The van der Waals surface area contributed by atoms with E-state index in [2.05, 4.69) is 10.3 Å². The lowest BCUT2D eigenvalue weighted by atomic mass is 10.1. The van der Waals surface area contributed by atoms with E-state index in [1.165, 1.54) is 6.07 Å². The predicted molar refractivity (Wildman–Crippen MR) is 81.9 cm³/mol. The van der Waals surface area contributed by atoms with Gasteiger partial charge in [-0.1, -0.05) is 13.8 Å². The van der Waals surface area contributed by atoms with Crippen LogP contribution in [-0.2, 0) is 9.84 Å². The molecule has 0 aliphatic carbocycles. The van der Waals surface area contributed by atoms with Crippen molar-refractivity contribution in [3.8, 4) is 0 Å². The summed E-state index contributed by atoms with van der Waals surface area (Å²) in [4.78, 5) is 16.4. The van der Waals surface area contributed by atoms with Crippen LogP contribution in [0, 0.1) is 0 Å². The summed E-state index contributed by atoms with van der Waals surface area (Å²) < 4.78 is 23.2. The second-order valence-corrected chi connectivity index (χ2v) is 8.02. The Kier molecular flexibility index (Phi) is 4.51. The molecule has 0 bridgehead atoms. The minimum Gasteiger partial charge on any atom is -0.384 e. The summed E-state index contributed by atoms with van der Waals surface area (Å²) in [6.45, 7) is 3.94. The molecule has 0 spiro atoms. The van der Waals surface area contributed by atoms with Gasteiger partial charge < -0.3 is 11.1 Å². The van der Waals surface area contributed by atoms with Gasteiger partial charge in [-0.3, -0.25) is 4.79 Å². The van der Waals surface area contributed by atoms with Gasteiger partial charge in [0.15, 0.2) is 9.84 Å². The minimum atomic E-state index is -3.04. The molecular formula is C14H21N3O3S. The fourth-order valence-corrected chi connectivity index (χ4v) is 4.04. The van der Waals surface area contributed by atoms with E-state index in [0.29, 0.717) is 24.2 Å². The second kappa shape index (κ2) is 6.01. The maximum atomic E-state index is 12.3. The van der Waals surface area contributed by atoms with Crippen LogP contribution in [0.5, 0.6) is 0 Å². The third-order valence-corrected chi connectivity index (χ3v) is 5.34. The van der Waals surface area contributed by atoms with Crippen molar-refractivity contribution in [2.45, 2.75) is 38.6 Å². The zero-order valence-electron chi connectivity index (χ0n) is 12.3. The molecule has 1 aromatic heterocycles. The standard InChI is InChI=1S/C14H21N3O3S/c1-9(2)12-6-10(7-13(15)17-12)14(18)16-11-4-3-5-21(19,20)8-11/h6-7,9,11H,3-5,8H2,1-2H3,(H2,15,17)(H,16,18). The van der Waals surface area contributed by atoms with Crippen LogP contribution in [0.1, 0.15) is 48.7 Å². The average Bonchev–Trinajstić information content (AvgIpc) is 2.36. The molecule has 1 aromatic rings. The van der Waals surface area contributed by atoms with E-state index >= 15 is 0 Å². The third-order valence-electron chi connectivity index (χ3n) is 3.52. The van der Waals surface area contributed by atoms with Gasteiger partial charge in [-0.15, -0.1) is 0 Å². The maximum Gasteiger partial charge on any atom is 0.251 e. The van der Waals surface area contributed by atoms with Crippen LogP contribution in [0.25, 0.3) is 0 Å². The van der Waals surface area contributed by atoms with E-state index in [4.69, 9.17) is 5.73 Å². The molecule has 21 heavy (non-hydrogen) atoms. The normalized spacial score (nSPS) is 21.2. The lowest BCUT2D eigenvalue weighted by molar-refractivity contribution is 0.0938. The molecule has 6 nitrogen and oxygen atoms in total. The molecule has 1 unspecified atom stereocenters. The van der Waals surface area contributed by atoms with Crippen molar-refractivity contribution in [2.24, 2.45) is 0 Å². The molecule has 0 saturated carbocycles. The van der Waals surface area contributed by atoms with E-state index in [1.54, 1.807) is 6.07 Å². The van der Waals surface area contributed by atoms with Crippen molar-refractivity contribution >= 4 is 21.6 Å². The molecule has 1 amide bonds. The van der Waals surface area contributed by atoms with Gasteiger partial charge in [0.1, 0.15) is 5.82 Å². The van der Waals surface area contributed by atoms with Gasteiger partial charge >= 0.3 is 0 Å². The van der Waals surface area contributed by atoms with Gasteiger partial charge in [-0.2, -0.15) is 0 Å². The second-order valence-electron chi connectivity index (χ2n) is 5.79. The highest BCUT2D eigenvalue weighted by Crippen LogP contribution is 2.17. The van der Waals surface area contributed by atoms with Crippen molar-refractivity contribution in [3.05, 3.63) is 23.4 Å². The summed E-state index contributed by atoms with van der Waals surface area (Å²) in [5, 5.41) is 2.78. The first-order chi connectivity index (χ1) is 9.77. The van der Waals surface area contributed by atoms with Crippen LogP contribution in [0.4, 0.5) is 5.82 Å². The summed E-state index contributed by atoms with van der Waals surface area (Å²) in [6, 6.07) is 2.89. The Balaban J connectivity index is 2.13. The van der Waals surface area contributed by atoms with Crippen LogP contribution in [0.15, 0.2) is 12.1 Å². The van der Waals surface area contributed by atoms with Gasteiger partial charge in [0, 0.05) is 17.3 Å². The number of carbonyl (C=O) groups excluding carboxylic acids is 1. The Bertz CT molecular complexity index is 641. The number of amides is 1. The smallest absolute Gasteiger partial charge is 0.251 e. The number of carbonyl (C=O) groups is 1. The molecule has 1 atom stereocenters. The van der Waals surface area contributed by atoms with Crippen LogP contribution in [-0.4, -0.2) is 36.9 Å². The number of hydrogen-bond acceptors (Lipinski definition) is 5. The number of nitrogen functional groups attached to an aromatic ring is 1. The lowest BCUT2D eigenvalue weighted by Gasteiger charge is -2.23. The number of nitrogens with one attached hydrogen (secondary N) is 1. The van der Waals surface area contributed by atoms with E-state index in [1.807, 2.05) is 13.8 Å². The summed E-state index contributed by atoms with van der Waals surface area (Å²) in [6.07, 6.45) is 1.27. The molecule has 1 saturated heterocycles. The molecule has 0 aromatic carbocycles. The highest BCUT2D eigenvalue weighted by Gasteiger charge is 2.26. The Hall–Kier alpha value is -1.63. The summed E-state index contributed by atoms with van der Waals surface area (Å²) >= 11 is 0. The number of nitrogens with two attached hydrogens (primary N) is 1. The number of aromatic nitrogens is 1. The van der Waals surface area contributed by atoms with Crippen molar-refractivity contribution in [1.82, 2.24) is 10.3 Å². The van der Waals surface area contributed by atoms with Crippen LogP contribution >= 0.6 is 0 Å². The summed E-state index contributed by atoms with van der Waals surface area (Å²) in [5.41, 5.74) is 6.90. The molecule has 7 heteroatoms. The molecule has 0 radical (unpaired) electrons. The molecule has 3 N–H and O–H groups in total. The number of rotatable bonds is 3. The Labute approximate surface area is 125 Å². The molecule has 1 aliphatic heterocycles. The summed E-state index contributed by atoms with van der Waals surface area (Å²) in [7, 11) is -3.04. The van der Waals surface area contributed by atoms with Crippen LogP contribution < -0.4 is 11.1 Å². The quantitative estimate of drug-likeness (QED) is 0.870. The number of sulfone groups is 1. The van der Waals surface area contributed by atoms with Crippen molar-refractivity contribution in [2.75, 3.05) is 17.2 Å². The molecule has 1 fully saturated rings. The number of nitrogens with zero attached hydrogens (tertiary/aromatic N) is 1. The van der Waals surface area contributed by atoms with Crippen LogP contribution in [0.2, 0.25) is 0 Å². The fraction of sp³-hybridized carbons (Fsp3) is 0.571. The Morgan fingerprint density at radius 3 is 2.76 bits per heavy atom. The van der Waals surface area contributed by atoms with Crippen molar-refractivity contribution in [1.29, 1.82) is 0 Å². The molecule has 116 valence electrons. The zero-order valence-corrected chi connectivity index (χ0v) is 13.1. The topological polar surface area (TPSA) is 102 Å². The largest absolute Gasteiger partial charge is 0.384 e. The van der Waals surface area contributed by atoms with Crippen molar-refractivity contribution < 1.29 is 13.2 Å². The number of pyridine rings is 1. The fourth-order valence-electron chi connectivity index (χ4n) is 2.41. The number of hydrogen-bond donors (Lipinski definition) is 2. The van der Waals surface area contributed by atoms with Crippen LogP contribution in [0.3, 0.4) is 0 Å².